The lowest BCUT2D eigenvalue weighted by Gasteiger charge is -2.28. The second kappa shape index (κ2) is 36.4. The number of nitrogens with zero attached hydrogens (tertiary/aromatic N) is 2. The molecule has 0 unspecified atom stereocenters. The number of carbonyl (C=O) groups is 10. The Bertz CT molecular complexity index is 2360. The van der Waals surface area contributed by atoms with Gasteiger partial charge >= 0.3 is 0 Å². The van der Waals surface area contributed by atoms with Crippen LogP contribution in [0.2, 0.25) is 0 Å². The topological polar surface area (TPSA) is 445 Å². The number of hydrogen-bond acceptors (Lipinski definition) is 15. The summed E-state index contributed by atoms with van der Waals surface area (Å²) in [5.41, 5.74) is 31.9. The molecule has 0 aliphatic rings. The van der Waals surface area contributed by atoms with Crippen molar-refractivity contribution in [3.05, 3.63) is 71.8 Å². The van der Waals surface area contributed by atoms with E-state index in [1.54, 1.807) is 60.7 Å². The predicted octanol–water partition coefficient (Wildman–Crippen LogP) is -3.96. The Morgan fingerprint density at radius 2 is 1.02 bits per heavy atom. The summed E-state index contributed by atoms with van der Waals surface area (Å²) >= 11 is 0. The fourth-order valence-electron chi connectivity index (χ4n) is 7.85. The molecule has 0 saturated heterocycles. The molecule has 0 saturated carbocycles. The summed E-state index contributed by atoms with van der Waals surface area (Å²) in [4.78, 5) is 138. The van der Waals surface area contributed by atoms with Crippen LogP contribution in [0.25, 0.3) is 0 Å². The number of carbonyl (C=O) groups excluding carboxylic acids is 10. The van der Waals surface area contributed by atoms with Crippen LogP contribution in [0, 0.1) is 11.8 Å². The van der Waals surface area contributed by atoms with Gasteiger partial charge in [-0.2, -0.15) is 0 Å². The minimum atomic E-state index is -1.50. The average molecular weight is 1120 g/mol. The number of benzene rings is 2. The van der Waals surface area contributed by atoms with E-state index in [2.05, 4.69) is 53.0 Å². The number of nitrogens with one attached hydrogen (secondary N) is 9. The van der Waals surface area contributed by atoms with Crippen molar-refractivity contribution in [3.8, 4) is 0 Å². The lowest BCUT2D eigenvalue weighted by atomic mass is 10.00. The van der Waals surface area contributed by atoms with Crippen LogP contribution in [0.5, 0.6) is 0 Å². The van der Waals surface area contributed by atoms with Crippen molar-refractivity contribution in [3.63, 3.8) is 0 Å². The quantitative estimate of drug-likeness (QED) is 0.0133. The number of hydrogen-bond donors (Lipinski definition) is 15. The molecule has 20 N–H and O–H groups in total. The van der Waals surface area contributed by atoms with Gasteiger partial charge in [-0.3, -0.25) is 58.4 Å². The Balaban J connectivity index is 2.24. The fraction of sp³-hybridized carbons (Fsp3) is 0.566. The summed E-state index contributed by atoms with van der Waals surface area (Å²) < 4.78 is 0. The van der Waals surface area contributed by atoms with Crippen molar-refractivity contribution < 1.29 is 53.1 Å². The molecule has 10 amide bonds. The SMILES string of the molecule is CC(C)C[C@H](NC(=O)[C@H](C)N)C(=O)N[C@@H](CO)C(=O)NCC(=O)NN(CCCCN)CC(=O)N[C@@H](C)C(=O)N[C@@H](Cc1ccccc1)C(=O)N[C@@H](CC(C)C)C(=O)N[C@@H](CCCN=C(N)N)C(=O)N[C@@H](Cc1ccccc1)C(N)=O. The van der Waals surface area contributed by atoms with Crippen LogP contribution >= 0.6 is 0 Å². The minimum absolute atomic E-state index is 0.0215. The third-order valence-corrected chi connectivity index (χ3v) is 12.0. The summed E-state index contributed by atoms with van der Waals surface area (Å²) in [7, 11) is 0. The molecule has 2 aromatic rings. The fourth-order valence-corrected chi connectivity index (χ4v) is 7.85. The van der Waals surface area contributed by atoms with E-state index in [1.807, 2.05) is 27.7 Å². The van der Waals surface area contributed by atoms with Crippen molar-refractivity contribution in [1.29, 1.82) is 0 Å². The minimum Gasteiger partial charge on any atom is -0.394 e. The summed E-state index contributed by atoms with van der Waals surface area (Å²) in [5.74, 6) is -7.97. The molecule has 8 atom stereocenters. The van der Waals surface area contributed by atoms with E-state index in [0.29, 0.717) is 24.9 Å². The molecule has 80 heavy (non-hydrogen) atoms. The number of nitrogens with two attached hydrogens (primary N) is 5. The maximum absolute atomic E-state index is 14.3. The van der Waals surface area contributed by atoms with Crippen LogP contribution in [-0.4, -0.2) is 163 Å². The third kappa shape index (κ3) is 27.2. The van der Waals surface area contributed by atoms with Crippen LogP contribution in [-0.2, 0) is 60.8 Å². The normalized spacial score (nSPS) is 14.1. The number of hydrazine groups is 1. The molecule has 2 aromatic carbocycles. The summed E-state index contributed by atoms with van der Waals surface area (Å²) in [6, 6.07) is 7.93. The Morgan fingerprint density at radius 1 is 0.550 bits per heavy atom. The van der Waals surface area contributed by atoms with E-state index in [0.717, 1.165) is 5.56 Å². The second-order valence-electron chi connectivity index (χ2n) is 20.3. The van der Waals surface area contributed by atoms with Crippen molar-refractivity contribution in [1.82, 2.24) is 53.0 Å². The number of aliphatic imine (C=N–C) groups is 1. The molecule has 444 valence electrons. The molecule has 2 rings (SSSR count). The number of unbranched alkanes of at least 4 members (excludes halogenated alkanes) is 1. The van der Waals surface area contributed by atoms with E-state index in [9.17, 15) is 53.1 Å². The summed E-state index contributed by atoms with van der Waals surface area (Å²) in [5, 5.41) is 31.8. The lowest BCUT2D eigenvalue weighted by Crippen LogP contribution is -2.59. The first-order valence-corrected chi connectivity index (χ1v) is 26.8. The summed E-state index contributed by atoms with van der Waals surface area (Å²) in [6.07, 6.45) is 1.51. The van der Waals surface area contributed by atoms with E-state index in [-0.39, 0.29) is 69.4 Å². The van der Waals surface area contributed by atoms with Gasteiger partial charge in [0.05, 0.1) is 25.7 Å². The van der Waals surface area contributed by atoms with Gasteiger partial charge in [-0.25, -0.2) is 5.01 Å². The first kappa shape index (κ1) is 68.4. The van der Waals surface area contributed by atoms with Gasteiger partial charge in [-0.1, -0.05) is 88.4 Å². The zero-order valence-electron chi connectivity index (χ0n) is 46.8. The number of guanidine groups is 1. The van der Waals surface area contributed by atoms with E-state index in [4.69, 9.17) is 28.7 Å². The molecule has 0 aliphatic carbocycles. The van der Waals surface area contributed by atoms with Crippen LogP contribution in [0.3, 0.4) is 0 Å². The maximum Gasteiger partial charge on any atom is 0.253 e. The molecular weight excluding hydrogens is 1040 g/mol. The summed E-state index contributed by atoms with van der Waals surface area (Å²) in [6.45, 7) is 8.65. The van der Waals surface area contributed by atoms with Gasteiger partial charge in [0.1, 0.15) is 42.3 Å². The molecule has 27 heteroatoms. The Morgan fingerprint density at radius 3 is 1.52 bits per heavy atom. The first-order chi connectivity index (χ1) is 37.8. The zero-order valence-corrected chi connectivity index (χ0v) is 46.8. The Kier molecular flexibility index (Phi) is 31.1. The van der Waals surface area contributed by atoms with Gasteiger partial charge in [0.2, 0.25) is 53.2 Å². The molecule has 0 radical (unpaired) electrons. The van der Waals surface area contributed by atoms with Gasteiger partial charge < -0.3 is 76.3 Å². The highest BCUT2D eigenvalue weighted by molar-refractivity contribution is 5.97. The number of aliphatic hydroxyl groups excluding tert-OH is 1. The second-order valence-corrected chi connectivity index (χ2v) is 20.3. The molecule has 27 nitrogen and oxygen atoms in total. The van der Waals surface area contributed by atoms with Crippen molar-refractivity contribution >= 4 is 65.0 Å². The third-order valence-electron chi connectivity index (χ3n) is 12.0. The highest BCUT2D eigenvalue weighted by Crippen LogP contribution is 2.12. The smallest absolute Gasteiger partial charge is 0.253 e. The molecule has 0 fully saturated rings. The number of rotatable bonds is 37. The zero-order chi connectivity index (χ0) is 59.9. The predicted molar refractivity (Wildman–Crippen MR) is 299 cm³/mol. The highest BCUT2D eigenvalue weighted by Gasteiger charge is 2.33. The lowest BCUT2D eigenvalue weighted by molar-refractivity contribution is -0.135. The highest BCUT2D eigenvalue weighted by atomic mass is 16.3. The molecule has 0 heterocycles. The molecular formula is C53H86N16O11. The van der Waals surface area contributed by atoms with E-state index >= 15 is 0 Å². The van der Waals surface area contributed by atoms with Gasteiger partial charge in [0.25, 0.3) is 5.91 Å². The van der Waals surface area contributed by atoms with Crippen LogP contribution in [0.1, 0.15) is 91.2 Å². The largest absolute Gasteiger partial charge is 0.394 e. The first-order valence-electron chi connectivity index (χ1n) is 26.8. The standard InChI is InChI=1S/C53H86N16O11/c1-31(2)24-39(64-46(74)33(5)55)51(79)67-42(30-70)48(76)60-28-43(71)68-69(23-14-13-21-54)29-44(72)61-34(6)47(75)65-41(27-36-18-11-8-12-19-36)52(80)66-40(25-32(3)4)50(78)62-37(20-15-22-59-53(57)58)49(77)63-38(45(56)73)26-35-16-9-7-10-17-35/h7-12,16-19,31-34,37-42,70H,13-15,20-30,54-55H2,1-6H3,(H2,56,73)(H,60,76)(H,61,72)(H,62,78)(H,63,77)(H,64,74)(H,65,75)(H,66,80)(H,67,79)(H,68,71)(H4,57,58,59)/t33-,34-,37-,38-,39-,40-,41-,42-/m0/s1. The molecule has 0 aliphatic heterocycles. The Hall–Kier alpha value is -7.75. The maximum atomic E-state index is 14.3. The van der Waals surface area contributed by atoms with Crippen molar-refractivity contribution in [2.24, 2.45) is 45.5 Å². The monoisotopic (exact) mass is 1120 g/mol. The number of primary amides is 1. The van der Waals surface area contributed by atoms with Gasteiger partial charge in [-0.15, -0.1) is 0 Å². The van der Waals surface area contributed by atoms with Gasteiger partial charge in [0.15, 0.2) is 5.96 Å². The average Bonchev–Trinajstić information content (AvgIpc) is 3.39. The molecule has 0 aromatic heterocycles. The van der Waals surface area contributed by atoms with Crippen molar-refractivity contribution in [2.75, 3.05) is 39.3 Å². The van der Waals surface area contributed by atoms with Crippen LogP contribution in [0.4, 0.5) is 0 Å². The van der Waals surface area contributed by atoms with Crippen molar-refractivity contribution in [2.45, 2.75) is 141 Å². The van der Waals surface area contributed by atoms with Crippen LogP contribution in [0.15, 0.2) is 65.7 Å². The van der Waals surface area contributed by atoms with Gasteiger partial charge in [0, 0.05) is 25.9 Å². The Labute approximate surface area is 467 Å². The molecule has 0 bridgehead atoms. The van der Waals surface area contributed by atoms with E-state index in [1.165, 1.54) is 18.9 Å². The van der Waals surface area contributed by atoms with Crippen LogP contribution < -0.4 is 76.6 Å². The van der Waals surface area contributed by atoms with Gasteiger partial charge in [-0.05, 0) is 81.9 Å². The van der Waals surface area contributed by atoms with E-state index < -0.39 is 127 Å². The number of aliphatic hydroxyl groups is 1. The molecule has 0 spiro atoms. The number of amides is 10.